The molecule has 0 bridgehead atoms. The van der Waals surface area contributed by atoms with E-state index in [9.17, 15) is 20.1 Å². The fraction of sp³-hybridized carbons (Fsp3) is 0.500. The van der Waals surface area contributed by atoms with Crippen LogP contribution in [-0.4, -0.2) is 32.8 Å². The number of hydrogen-bond acceptors (Lipinski definition) is 4. The van der Waals surface area contributed by atoms with E-state index in [0.717, 1.165) is 0 Å². The Morgan fingerprint density at radius 1 is 1.17 bits per heavy atom. The lowest BCUT2D eigenvalue weighted by atomic mass is 9.86. The fourth-order valence-corrected chi connectivity index (χ4v) is 1.55. The maximum absolute atomic E-state index is 12.0. The number of rotatable bonds is 5. The minimum absolute atomic E-state index is 0.300. The predicted molar refractivity (Wildman–Crippen MR) is 67.9 cm³/mol. The van der Waals surface area contributed by atoms with Crippen LogP contribution in [0.15, 0.2) is 30.3 Å². The van der Waals surface area contributed by atoms with Crippen molar-refractivity contribution in [2.75, 3.05) is 0 Å². The number of Topliss-reactive ketones (excluding diaryl/α,β-unsaturated/α-hetero) is 1. The summed E-state index contributed by atoms with van der Waals surface area (Å²) in [5, 5.41) is 29.5. The van der Waals surface area contributed by atoms with Crippen LogP contribution < -0.4 is 0 Å². The molecule has 0 amide bonds. The van der Waals surface area contributed by atoms with Gasteiger partial charge in [-0.3, -0.25) is 4.79 Å². The minimum atomic E-state index is -1.66. The Bertz CT molecular complexity index is 404. The van der Waals surface area contributed by atoms with Gasteiger partial charge in [0.05, 0.1) is 11.7 Å². The number of aliphatic hydroxyl groups is 3. The van der Waals surface area contributed by atoms with Gasteiger partial charge in [-0.05, 0) is 26.3 Å². The molecule has 0 aliphatic heterocycles. The highest BCUT2D eigenvalue weighted by atomic mass is 16.3. The smallest absolute Gasteiger partial charge is 0.171 e. The third-order valence-corrected chi connectivity index (χ3v) is 3.07. The Morgan fingerprint density at radius 3 is 2.11 bits per heavy atom. The molecule has 0 saturated heterocycles. The van der Waals surface area contributed by atoms with Crippen LogP contribution in [0, 0.1) is 0 Å². The monoisotopic (exact) mass is 252 g/mol. The fourth-order valence-electron chi connectivity index (χ4n) is 1.55. The van der Waals surface area contributed by atoms with Crippen molar-refractivity contribution in [2.45, 2.75) is 44.5 Å². The second-order valence-corrected chi connectivity index (χ2v) is 5.24. The van der Waals surface area contributed by atoms with Gasteiger partial charge in [-0.15, -0.1) is 0 Å². The zero-order chi connectivity index (χ0) is 14.0. The van der Waals surface area contributed by atoms with Gasteiger partial charge in [-0.25, -0.2) is 0 Å². The van der Waals surface area contributed by atoms with Crippen molar-refractivity contribution in [3.8, 4) is 0 Å². The highest BCUT2D eigenvalue weighted by molar-refractivity contribution is 5.88. The minimum Gasteiger partial charge on any atom is -0.390 e. The summed E-state index contributed by atoms with van der Waals surface area (Å²) >= 11 is 0. The van der Waals surface area contributed by atoms with E-state index in [0.29, 0.717) is 5.56 Å². The predicted octanol–water partition coefficient (Wildman–Crippen LogP) is 0.985. The third-order valence-electron chi connectivity index (χ3n) is 3.07. The number of carbonyl (C=O) groups excluding carboxylic acids is 1. The molecule has 1 rings (SSSR count). The SMILES string of the molecule is CC(O)(C(=O)CC(O)C(C)(C)O)c1ccccc1. The van der Waals surface area contributed by atoms with E-state index in [1.807, 2.05) is 0 Å². The lowest BCUT2D eigenvalue weighted by Gasteiger charge is -2.28. The second-order valence-electron chi connectivity index (χ2n) is 5.24. The summed E-state index contributed by atoms with van der Waals surface area (Å²) in [5.41, 5.74) is -2.56. The van der Waals surface area contributed by atoms with Crippen LogP contribution in [0.25, 0.3) is 0 Å². The second kappa shape index (κ2) is 5.18. The average Bonchev–Trinajstić information content (AvgIpc) is 2.28. The summed E-state index contributed by atoms with van der Waals surface area (Å²) in [6, 6.07) is 8.53. The van der Waals surface area contributed by atoms with E-state index in [1.165, 1.54) is 20.8 Å². The number of benzene rings is 1. The molecular weight excluding hydrogens is 232 g/mol. The lowest BCUT2D eigenvalue weighted by molar-refractivity contribution is -0.143. The first-order chi connectivity index (χ1) is 8.15. The molecular formula is C14H20O4. The Morgan fingerprint density at radius 2 is 1.67 bits per heavy atom. The van der Waals surface area contributed by atoms with Gasteiger partial charge in [0.2, 0.25) is 0 Å². The summed E-state index contributed by atoms with van der Waals surface area (Å²) in [4.78, 5) is 12.0. The van der Waals surface area contributed by atoms with Gasteiger partial charge in [-0.2, -0.15) is 0 Å². The number of hydrogen-bond donors (Lipinski definition) is 3. The molecule has 2 unspecified atom stereocenters. The zero-order valence-electron chi connectivity index (χ0n) is 10.9. The molecule has 4 nitrogen and oxygen atoms in total. The first-order valence-corrected chi connectivity index (χ1v) is 5.87. The van der Waals surface area contributed by atoms with Crippen molar-refractivity contribution in [2.24, 2.45) is 0 Å². The molecule has 0 aliphatic carbocycles. The van der Waals surface area contributed by atoms with Crippen molar-refractivity contribution in [1.29, 1.82) is 0 Å². The molecule has 100 valence electrons. The summed E-state index contributed by atoms with van der Waals surface area (Å²) < 4.78 is 0. The van der Waals surface area contributed by atoms with E-state index in [1.54, 1.807) is 30.3 Å². The van der Waals surface area contributed by atoms with E-state index >= 15 is 0 Å². The van der Waals surface area contributed by atoms with E-state index in [4.69, 9.17) is 0 Å². The average molecular weight is 252 g/mol. The number of aliphatic hydroxyl groups excluding tert-OH is 1. The van der Waals surface area contributed by atoms with Gasteiger partial charge in [-0.1, -0.05) is 30.3 Å². The Labute approximate surface area is 107 Å². The van der Waals surface area contributed by atoms with E-state index < -0.39 is 23.1 Å². The van der Waals surface area contributed by atoms with E-state index in [-0.39, 0.29) is 6.42 Å². The Kier molecular flexibility index (Phi) is 4.27. The number of ketones is 1. The first kappa shape index (κ1) is 14.8. The van der Waals surface area contributed by atoms with Crippen LogP contribution in [-0.2, 0) is 10.4 Å². The number of carbonyl (C=O) groups is 1. The summed E-state index contributed by atoms with van der Waals surface area (Å²) in [6.45, 7) is 4.23. The van der Waals surface area contributed by atoms with Crippen LogP contribution >= 0.6 is 0 Å². The van der Waals surface area contributed by atoms with Gasteiger partial charge in [0.1, 0.15) is 5.60 Å². The van der Waals surface area contributed by atoms with Gasteiger partial charge in [0, 0.05) is 6.42 Å². The van der Waals surface area contributed by atoms with Gasteiger partial charge >= 0.3 is 0 Å². The summed E-state index contributed by atoms with van der Waals surface area (Å²) in [6.07, 6.45) is -1.51. The Balaban J connectivity index is 2.84. The van der Waals surface area contributed by atoms with Crippen LogP contribution in [0.4, 0.5) is 0 Å². The normalized spacial score (nSPS) is 17.0. The molecule has 0 fully saturated rings. The zero-order valence-corrected chi connectivity index (χ0v) is 10.9. The third kappa shape index (κ3) is 3.38. The topological polar surface area (TPSA) is 77.8 Å². The molecule has 0 aromatic heterocycles. The van der Waals surface area contributed by atoms with E-state index in [2.05, 4.69) is 0 Å². The molecule has 4 heteroatoms. The van der Waals surface area contributed by atoms with Gasteiger partial charge in [0.25, 0.3) is 0 Å². The molecule has 18 heavy (non-hydrogen) atoms. The van der Waals surface area contributed by atoms with Gasteiger partial charge < -0.3 is 15.3 Å². The lowest BCUT2D eigenvalue weighted by Crippen LogP contribution is -2.42. The van der Waals surface area contributed by atoms with Crippen molar-refractivity contribution in [3.63, 3.8) is 0 Å². The van der Waals surface area contributed by atoms with Crippen LogP contribution in [0.5, 0.6) is 0 Å². The van der Waals surface area contributed by atoms with Crippen LogP contribution in [0.2, 0.25) is 0 Å². The molecule has 3 N–H and O–H groups in total. The quantitative estimate of drug-likeness (QED) is 0.730. The van der Waals surface area contributed by atoms with Gasteiger partial charge in [0.15, 0.2) is 5.78 Å². The van der Waals surface area contributed by atoms with Crippen molar-refractivity contribution in [1.82, 2.24) is 0 Å². The Hall–Kier alpha value is -1.23. The molecule has 0 heterocycles. The first-order valence-electron chi connectivity index (χ1n) is 5.87. The van der Waals surface area contributed by atoms with Crippen molar-refractivity contribution in [3.05, 3.63) is 35.9 Å². The molecule has 1 aromatic carbocycles. The summed E-state index contributed by atoms with van der Waals surface area (Å²) in [7, 11) is 0. The van der Waals surface area contributed by atoms with Crippen molar-refractivity contribution >= 4 is 5.78 Å². The standard InChI is InChI=1S/C14H20O4/c1-13(2,17)11(15)9-12(16)14(3,18)10-7-5-4-6-8-10/h4-8,11,15,17-18H,9H2,1-3H3. The highest BCUT2D eigenvalue weighted by Crippen LogP contribution is 2.25. The summed E-state index contributed by atoms with van der Waals surface area (Å²) in [5.74, 6) is -0.525. The van der Waals surface area contributed by atoms with Crippen LogP contribution in [0.3, 0.4) is 0 Å². The molecule has 0 aliphatic rings. The largest absolute Gasteiger partial charge is 0.390 e. The molecule has 1 aromatic rings. The molecule has 0 spiro atoms. The maximum atomic E-state index is 12.0. The highest BCUT2D eigenvalue weighted by Gasteiger charge is 2.36. The molecule has 0 saturated carbocycles. The molecule has 2 atom stereocenters. The van der Waals surface area contributed by atoms with Crippen molar-refractivity contribution < 1.29 is 20.1 Å². The van der Waals surface area contributed by atoms with Crippen LogP contribution in [0.1, 0.15) is 32.8 Å². The maximum Gasteiger partial charge on any atom is 0.171 e. The molecule has 0 radical (unpaired) electrons.